The Bertz CT molecular complexity index is 824. The summed E-state index contributed by atoms with van der Waals surface area (Å²) in [7, 11) is 3.01. The van der Waals surface area contributed by atoms with Crippen LogP contribution in [0, 0.1) is 6.92 Å². The van der Waals surface area contributed by atoms with Crippen LogP contribution >= 0.6 is 0 Å². The molecule has 0 radical (unpaired) electrons. The van der Waals surface area contributed by atoms with Gasteiger partial charge in [-0.1, -0.05) is 13.8 Å². The largest absolute Gasteiger partial charge is 0.497 e. The van der Waals surface area contributed by atoms with E-state index in [1.54, 1.807) is 31.2 Å². The van der Waals surface area contributed by atoms with E-state index in [-0.39, 0.29) is 12.3 Å². The monoisotopic (exact) mass is 375 g/mol. The summed E-state index contributed by atoms with van der Waals surface area (Å²) in [4.78, 5) is 24.1. The zero-order valence-corrected chi connectivity index (χ0v) is 16.2. The number of hydrogen-bond acceptors (Lipinski definition) is 5. The van der Waals surface area contributed by atoms with Gasteiger partial charge in [0.2, 0.25) is 0 Å². The quantitative estimate of drug-likeness (QED) is 0.730. The van der Waals surface area contributed by atoms with Crippen LogP contribution in [0.15, 0.2) is 28.7 Å². The molecule has 0 saturated carbocycles. The highest BCUT2D eigenvalue weighted by atomic mass is 16.5. The lowest BCUT2D eigenvalue weighted by atomic mass is 10.0. The number of ether oxygens (including phenoxy) is 2. The molecule has 7 nitrogen and oxygen atoms in total. The van der Waals surface area contributed by atoms with E-state index in [0.29, 0.717) is 34.1 Å². The third-order valence-corrected chi connectivity index (χ3v) is 4.25. The van der Waals surface area contributed by atoms with E-state index in [4.69, 9.17) is 13.9 Å². The van der Waals surface area contributed by atoms with Gasteiger partial charge in [-0.3, -0.25) is 9.59 Å². The van der Waals surface area contributed by atoms with Crippen LogP contribution in [-0.2, 0) is 4.79 Å². The van der Waals surface area contributed by atoms with Gasteiger partial charge in [-0.2, -0.15) is 0 Å². The Labute approximate surface area is 158 Å². The van der Waals surface area contributed by atoms with Gasteiger partial charge < -0.3 is 24.3 Å². The van der Waals surface area contributed by atoms with Crippen molar-refractivity contribution in [3.05, 3.63) is 46.9 Å². The minimum Gasteiger partial charge on any atom is -0.497 e. The molecule has 1 atom stereocenters. The Morgan fingerprint density at radius 1 is 1.19 bits per heavy atom. The van der Waals surface area contributed by atoms with Gasteiger partial charge in [-0.05, 0) is 25.1 Å². The molecule has 27 heavy (non-hydrogen) atoms. The summed E-state index contributed by atoms with van der Waals surface area (Å²) < 4.78 is 16.1. The fraction of sp³-hybridized carbons (Fsp3) is 0.400. The highest BCUT2D eigenvalue weighted by molar-refractivity contribution is 5.95. The highest BCUT2D eigenvalue weighted by Crippen LogP contribution is 2.32. The first-order valence-corrected chi connectivity index (χ1v) is 8.61. The third-order valence-electron chi connectivity index (χ3n) is 4.25. The van der Waals surface area contributed by atoms with E-state index in [1.165, 1.54) is 14.2 Å². The highest BCUT2D eigenvalue weighted by Gasteiger charge is 2.25. The van der Waals surface area contributed by atoms with Crippen LogP contribution in [0.2, 0.25) is 0 Å². The SMILES string of the molecule is COc1ccc(C(CC(=O)O)NC(=O)c2cc(C(C)C)oc2C)c(OC)c1. The van der Waals surface area contributed by atoms with E-state index in [9.17, 15) is 14.7 Å². The molecular formula is C20H25NO6. The first kappa shape index (κ1) is 20.4. The molecule has 0 aliphatic rings. The Kier molecular flexibility index (Phi) is 6.50. The van der Waals surface area contributed by atoms with E-state index in [0.717, 1.165) is 0 Å². The van der Waals surface area contributed by atoms with Gasteiger partial charge in [0, 0.05) is 17.5 Å². The minimum atomic E-state index is -1.04. The van der Waals surface area contributed by atoms with Crippen LogP contribution in [0.4, 0.5) is 0 Å². The standard InChI is InChI=1S/C20H25NO6/c1-11(2)17-9-15(12(3)27-17)20(24)21-16(10-19(22)23)14-7-6-13(25-4)8-18(14)26-5/h6-9,11,16H,10H2,1-5H3,(H,21,24)(H,22,23). The van der Waals surface area contributed by atoms with Crippen LogP contribution in [0.25, 0.3) is 0 Å². The first-order valence-electron chi connectivity index (χ1n) is 8.61. The molecular weight excluding hydrogens is 350 g/mol. The molecule has 0 aliphatic heterocycles. The van der Waals surface area contributed by atoms with Crippen molar-refractivity contribution in [1.82, 2.24) is 5.32 Å². The molecule has 146 valence electrons. The number of carboxylic acid groups (broad SMARTS) is 1. The van der Waals surface area contributed by atoms with Gasteiger partial charge in [-0.25, -0.2) is 0 Å². The first-order chi connectivity index (χ1) is 12.8. The van der Waals surface area contributed by atoms with Gasteiger partial charge in [-0.15, -0.1) is 0 Å². The third kappa shape index (κ3) is 4.81. The maximum absolute atomic E-state index is 12.8. The lowest BCUT2D eigenvalue weighted by Crippen LogP contribution is -2.30. The predicted molar refractivity (Wildman–Crippen MR) is 99.5 cm³/mol. The summed E-state index contributed by atoms with van der Waals surface area (Å²) in [5, 5.41) is 12.1. The number of methoxy groups -OCH3 is 2. The average molecular weight is 375 g/mol. The van der Waals surface area contributed by atoms with Crippen LogP contribution in [0.1, 0.15) is 59.7 Å². The molecule has 1 aromatic carbocycles. The topological polar surface area (TPSA) is 98.0 Å². The number of carbonyl (C=O) groups excluding carboxylic acids is 1. The summed E-state index contributed by atoms with van der Waals surface area (Å²) in [6, 6.07) is 5.95. The van der Waals surface area contributed by atoms with E-state index >= 15 is 0 Å². The number of carboxylic acids is 1. The summed E-state index contributed by atoms with van der Waals surface area (Å²) in [5.74, 6) is 0.913. The second-order valence-electron chi connectivity index (χ2n) is 6.51. The number of nitrogens with one attached hydrogen (secondary N) is 1. The van der Waals surface area contributed by atoms with Crippen molar-refractivity contribution in [2.45, 2.75) is 39.2 Å². The lowest BCUT2D eigenvalue weighted by molar-refractivity contribution is -0.137. The zero-order valence-electron chi connectivity index (χ0n) is 16.2. The van der Waals surface area contributed by atoms with Crippen LogP contribution in [0.5, 0.6) is 11.5 Å². The number of aryl methyl sites for hydroxylation is 1. The fourth-order valence-corrected chi connectivity index (χ4v) is 2.77. The van der Waals surface area contributed by atoms with Gasteiger partial charge >= 0.3 is 5.97 Å². The second-order valence-corrected chi connectivity index (χ2v) is 6.51. The molecule has 1 heterocycles. The minimum absolute atomic E-state index is 0.141. The molecule has 0 bridgehead atoms. The Balaban J connectivity index is 2.35. The van der Waals surface area contributed by atoms with Crippen molar-refractivity contribution in [2.24, 2.45) is 0 Å². The molecule has 0 aliphatic carbocycles. The average Bonchev–Trinajstić information content (AvgIpc) is 3.02. The maximum Gasteiger partial charge on any atom is 0.305 e. The number of hydrogen-bond donors (Lipinski definition) is 2. The summed E-state index contributed by atoms with van der Waals surface area (Å²) in [5.41, 5.74) is 0.945. The van der Waals surface area contributed by atoms with Crippen LogP contribution in [-0.4, -0.2) is 31.2 Å². The summed E-state index contributed by atoms with van der Waals surface area (Å²) in [6.07, 6.45) is -0.289. The summed E-state index contributed by atoms with van der Waals surface area (Å²) in [6.45, 7) is 5.64. The number of furan rings is 1. The van der Waals surface area contributed by atoms with Crippen LogP contribution in [0.3, 0.4) is 0 Å². The number of rotatable bonds is 8. The number of carbonyl (C=O) groups is 2. The molecule has 0 fully saturated rings. The molecule has 0 saturated heterocycles. The van der Waals surface area contributed by atoms with E-state index in [1.807, 2.05) is 13.8 Å². The van der Waals surface area contributed by atoms with Gasteiger partial charge in [0.25, 0.3) is 5.91 Å². The number of aliphatic carboxylic acids is 1. The van der Waals surface area contributed by atoms with Gasteiger partial charge in [0.15, 0.2) is 0 Å². The molecule has 2 N–H and O–H groups in total. The van der Waals surface area contributed by atoms with Crippen molar-refractivity contribution < 1.29 is 28.6 Å². The maximum atomic E-state index is 12.8. The molecule has 1 unspecified atom stereocenters. The number of benzene rings is 1. The van der Waals surface area contributed by atoms with Gasteiger partial charge in [0.05, 0.1) is 32.2 Å². The summed E-state index contributed by atoms with van der Waals surface area (Å²) >= 11 is 0. The van der Waals surface area contributed by atoms with Crippen molar-refractivity contribution in [1.29, 1.82) is 0 Å². The Morgan fingerprint density at radius 2 is 1.89 bits per heavy atom. The molecule has 1 aromatic heterocycles. The van der Waals surface area contributed by atoms with Crippen molar-refractivity contribution in [3.63, 3.8) is 0 Å². The molecule has 0 spiro atoms. The van der Waals surface area contributed by atoms with Crippen LogP contribution < -0.4 is 14.8 Å². The molecule has 2 rings (SSSR count). The number of amides is 1. The lowest BCUT2D eigenvalue weighted by Gasteiger charge is -2.20. The Hall–Kier alpha value is -2.96. The second kappa shape index (κ2) is 8.62. The fourth-order valence-electron chi connectivity index (χ4n) is 2.77. The van der Waals surface area contributed by atoms with E-state index < -0.39 is 17.9 Å². The smallest absolute Gasteiger partial charge is 0.305 e. The van der Waals surface area contributed by atoms with Crippen molar-refractivity contribution in [2.75, 3.05) is 14.2 Å². The molecule has 2 aromatic rings. The predicted octanol–water partition coefficient (Wildman–Crippen LogP) is 3.67. The normalized spacial score (nSPS) is 11.9. The van der Waals surface area contributed by atoms with Crippen molar-refractivity contribution in [3.8, 4) is 11.5 Å². The van der Waals surface area contributed by atoms with Crippen molar-refractivity contribution >= 4 is 11.9 Å². The molecule has 7 heteroatoms. The molecule has 1 amide bonds. The zero-order chi connectivity index (χ0) is 20.1. The Morgan fingerprint density at radius 3 is 2.41 bits per heavy atom. The van der Waals surface area contributed by atoms with E-state index in [2.05, 4.69) is 5.32 Å². The van der Waals surface area contributed by atoms with Gasteiger partial charge in [0.1, 0.15) is 23.0 Å².